The molecule has 1 aromatic rings. The predicted molar refractivity (Wildman–Crippen MR) is 97.7 cm³/mol. The van der Waals surface area contributed by atoms with E-state index in [0.717, 1.165) is 12.0 Å². The fraction of sp³-hybridized carbons (Fsp3) is 0.714. The van der Waals surface area contributed by atoms with Gasteiger partial charge in [-0.05, 0) is 18.4 Å². The second-order valence-corrected chi connectivity index (χ2v) is 5.75. The van der Waals surface area contributed by atoms with Crippen LogP contribution in [0, 0.1) is 0 Å². The zero-order chi connectivity index (χ0) is 16.9. The molecular formula is C14H24F3IN6. The Kier molecular flexibility index (Phi) is 8.27. The van der Waals surface area contributed by atoms with Crippen molar-refractivity contribution < 1.29 is 13.2 Å². The van der Waals surface area contributed by atoms with Gasteiger partial charge in [-0.3, -0.25) is 14.6 Å². The number of nitrogens with one attached hydrogen (secondary N) is 2. The van der Waals surface area contributed by atoms with E-state index in [-0.39, 0.29) is 30.0 Å². The zero-order valence-electron chi connectivity index (χ0n) is 13.8. The molecule has 0 aromatic carbocycles. The maximum absolute atomic E-state index is 12.4. The highest BCUT2D eigenvalue weighted by atomic mass is 127. The number of hydrogen-bond acceptors (Lipinski definition) is 3. The number of likely N-dealkylation sites (tertiary alicyclic amines) is 1. The van der Waals surface area contributed by atoms with E-state index in [1.807, 2.05) is 19.4 Å². The van der Waals surface area contributed by atoms with Crippen LogP contribution >= 0.6 is 24.0 Å². The molecule has 2 N–H and O–H groups in total. The molecule has 2 rings (SSSR count). The fourth-order valence-corrected chi connectivity index (χ4v) is 2.66. The molecule has 0 aliphatic carbocycles. The summed E-state index contributed by atoms with van der Waals surface area (Å²) in [7, 11) is 3.52. The van der Waals surface area contributed by atoms with E-state index in [2.05, 4.69) is 20.7 Å². The van der Waals surface area contributed by atoms with E-state index >= 15 is 0 Å². The molecule has 0 spiro atoms. The maximum atomic E-state index is 12.4. The third-order valence-corrected chi connectivity index (χ3v) is 3.70. The van der Waals surface area contributed by atoms with Crippen molar-refractivity contribution in [3.8, 4) is 0 Å². The lowest BCUT2D eigenvalue weighted by Gasteiger charge is -2.19. The SMILES string of the molecule is CN=C(NCCc1cnn(C)c1)NC1CCN(CC(F)(F)F)C1.I. The third kappa shape index (κ3) is 7.24. The van der Waals surface area contributed by atoms with Crippen LogP contribution in [0.25, 0.3) is 0 Å². The average molecular weight is 460 g/mol. The van der Waals surface area contributed by atoms with Crippen molar-refractivity contribution in [3.05, 3.63) is 18.0 Å². The van der Waals surface area contributed by atoms with Gasteiger partial charge in [-0.1, -0.05) is 0 Å². The quantitative estimate of drug-likeness (QED) is 0.396. The van der Waals surface area contributed by atoms with Crippen molar-refractivity contribution in [1.82, 2.24) is 25.3 Å². The summed E-state index contributed by atoms with van der Waals surface area (Å²) in [6.07, 6.45) is 1.10. The smallest absolute Gasteiger partial charge is 0.356 e. The Hall–Kier alpha value is -1.04. The molecule has 1 aromatic heterocycles. The summed E-state index contributed by atoms with van der Waals surface area (Å²) < 4.78 is 38.9. The van der Waals surface area contributed by atoms with Crippen LogP contribution < -0.4 is 10.6 Å². The van der Waals surface area contributed by atoms with Gasteiger partial charge in [0.2, 0.25) is 0 Å². The number of halogens is 4. The molecule has 138 valence electrons. The summed E-state index contributed by atoms with van der Waals surface area (Å²) in [5, 5.41) is 10.5. The number of guanidine groups is 1. The van der Waals surface area contributed by atoms with E-state index in [9.17, 15) is 13.2 Å². The molecule has 0 saturated carbocycles. The Morgan fingerprint density at radius 3 is 2.79 bits per heavy atom. The summed E-state index contributed by atoms with van der Waals surface area (Å²) >= 11 is 0. The average Bonchev–Trinajstić information content (AvgIpc) is 3.05. The molecule has 0 radical (unpaired) electrons. The summed E-state index contributed by atoms with van der Waals surface area (Å²) in [5.74, 6) is 0.618. The number of alkyl halides is 3. The highest BCUT2D eigenvalue weighted by molar-refractivity contribution is 14.0. The highest BCUT2D eigenvalue weighted by Gasteiger charge is 2.34. The second-order valence-electron chi connectivity index (χ2n) is 5.75. The lowest BCUT2D eigenvalue weighted by atomic mass is 10.2. The molecule has 6 nitrogen and oxygen atoms in total. The number of aromatic nitrogens is 2. The first-order valence-electron chi connectivity index (χ1n) is 7.59. The van der Waals surface area contributed by atoms with Crippen LogP contribution in [0.15, 0.2) is 17.4 Å². The number of rotatable bonds is 5. The van der Waals surface area contributed by atoms with Crippen LogP contribution in [0.5, 0.6) is 0 Å². The summed E-state index contributed by atoms with van der Waals surface area (Å²) in [6, 6.07) is -0.0121. The number of aryl methyl sites for hydroxylation is 1. The van der Waals surface area contributed by atoms with Crippen molar-refractivity contribution in [1.29, 1.82) is 0 Å². The molecule has 24 heavy (non-hydrogen) atoms. The molecular weight excluding hydrogens is 436 g/mol. The van der Waals surface area contributed by atoms with Crippen LogP contribution in [-0.2, 0) is 13.5 Å². The first-order valence-corrected chi connectivity index (χ1v) is 7.59. The Morgan fingerprint density at radius 1 is 1.46 bits per heavy atom. The van der Waals surface area contributed by atoms with Crippen molar-refractivity contribution in [2.24, 2.45) is 12.0 Å². The highest BCUT2D eigenvalue weighted by Crippen LogP contribution is 2.19. The summed E-state index contributed by atoms with van der Waals surface area (Å²) in [6.45, 7) is 0.662. The van der Waals surface area contributed by atoms with Crippen molar-refractivity contribution in [2.75, 3.05) is 33.2 Å². The van der Waals surface area contributed by atoms with E-state index < -0.39 is 12.7 Å². The molecule has 2 heterocycles. The Morgan fingerprint density at radius 2 is 2.21 bits per heavy atom. The molecule has 1 saturated heterocycles. The minimum Gasteiger partial charge on any atom is -0.356 e. The standard InChI is InChI=1S/C14H23F3N6.HI/c1-18-13(19-5-3-11-7-20-22(2)8-11)21-12-4-6-23(9-12)10-14(15,16)17;/h7-8,12H,3-6,9-10H2,1-2H3,(H2,18,19,21);1H. The summed E-state index contributed by atoms with van der Waals surface area (Å²) in [5.41, 5.74) is 1.12. The molecule has 1 atom stereocenters. The maximum Gasteiger partial charge on any atom is 0.401 e. The van der Waals surface area contributed by atoms with E-state index in [4.69, 9.17) is 0 Å². The van der Waals surface area contributed by atoms with Gasteiger partial charge < -0.3 is 10.6 Å². The molecule has 1 fully saturated rings. The molecule has 1 aliphatic rings. The monoisotopic (exact) mass is 460 g/mol. The van der Waals surface area contributed by atoms with Gasteiger partial charge in [0.15, 0.2) is 5.96 Å². The van der Waals surface area contributed by atoms with E-state index in [1.54, 1.807) is 11.7 Å². The van der Waals surface area contributed by atoms with Gasteiger partial charge in [-0.25, -0.2) is 0 Å². The normalized spacial score (nSPS) is 19.2. The molecule has 10 heteroatoms. The largest absolute Gasteiger partial charge is 0.401 e. The first-order chi connectivity index (χ1) is 10.9. The third-order valence-electron chi connectivity index (χ3n) is 3.70. The van der Waals surface area contributed by atoms with Crippen LogP contribution in [0.3, 0.4) is 0 Å². The lowest BCUT2D eigenvalue weighted by Crippen LogP contribution is -2.45. The zero-order valence-corrected chi connectivity index (χ0v) is 16.1. The van der Waals surface area contributed by atoms with Gasteiger partial charge in [-0.15, -0.1) is 24.0 Å². The van der Waals surface area contributed by atoms with E-state index in [0.29, 0.717) is 32.0 Å². The van der Waals surface area contributed by atoms with Crippen molar-refractivity contribution in [3.63, 3.8) is 0 Å². The van der Waals surface area contributed by atoms with Gasteiger partial charge in [0, 0.05) is 46.0 Å². The fourth-order valence-electron chi connectivity index (χ4n) is 2.66. The molecule has 0 amide bonds. The Bertz CT molecular complexity index is 531. The van der Waals surface area contributed by atoms with Crippen molar-refractivity contribution in [2.45, 2.75) is 25.1 Å². The van der Waals surface area contributed by atoms with Crippen LogP contribution in [0.4, 0.5) is 13.2 Å². The van der Waals surface area contributed by atoms with Crippen molar-refractivity contribution >= 4 is 29.9 Å². The van der Waals surface area contributed by atoms with Gasteiger partial charge in [-0.2, -0.15) is 18.3 Å². The second kappa shape index (κ2) is 9.44. The lowest BCUT2D eigenvalue weighted by molar-refractivity contribution is -0.143. The van der Waals surface area contributed by atoms with Crippen LogP contribution in [0.2, 0.25) is 0 Å². The van der Waals surface area contributed by atoms with Crippen LogP contribution in [-0.4, -0.2) is 66.1 Å². The van der Waals surface area contributed by atoms with Gasteiger partial charge in [0.05, 0.1) is 12.7 Å². The van der Waals surface area contributed by atoms with Gasteiger partial charge >= 0.3 is 6.18 Å². The number of hydrogen-bond donors (Lipinski definition) is 2. The Balaban J connectivity index is 0.00000288. The first kappa shape index (κ1) is 21.0. The number of aliphatic imine (C=N–C) groups is 1. The minimum absolute atomic E-state index is 0. The minimum atomic E-state index is -4.14. The summed E-state index contributed by atoms with van der Waals surface area (Å²) in [4.78, 5) is 5.54. The number of nitrogens with zero attached hydrogens (tertiary/aromatic N) is 4. The molecule has 1 aliphatic heterocycles. The Labute approximate surface area is 156 Å². The topological polar surface area (TPSA) is 57.5 Å². The van der Waals surface area contributed by atoms with Gasteiger partial charge in [0.25, 0.3) is 0 Å². The van der Waals surface area contributed by atoms with E-state index in [1.165, 1.54) is 4.90 Å². The van der Waals surface area contributed by atoms with Crippen LogP contribution in [0.1, 0.15) is 12.0 Å². The predicted octanol–water partition coefficient (Wildman–Crippen LogP) is 1.38. The molecule has 0 bridgehead atoms. The van der Waals surface area contributed by atoms with Gasteiger partial charge in [0.1, 0.15) is 0 Å². The molecule has 1 unspecified atom stereocenters.